The van der Waals surface area contributed by atoms with Crippen molar-refractivity contribution in [1.82, 2.24) is 0 Å². The number of benzene rings is 1. The van der Waals surface area contributed by atoms with Crippen LogP contribution in [0.15, 0.2) is 30.3 Å². The van der Waals surface area contributed by atoms with Gasteiger partial charge in [0.05, 0.1) is 0 Å². The Balaban J connectivity index is 2.50. The molecule has 0 spiro atoms. The molecule has 0 radical (unpaired) electrons. The van der Waals surface area contributed by atoms with Gasteiger partial charge in [0, 0.05) is 24.3 Å². The quantitative estimate of drug-likeness (QED) is 0.659. The van der Waals surface area contributed by atoms with Gasteiger partial charge in [-0.1, -0.05) is 30.3 Å². The van der Waals surface area contributed by atoms with E-state index >= 15 is 0 Å². The molecule has 68 valence electrons. The average Bonchev–Trinajstić information content (AvgIpc) is 2.04. The maximum Gasteiger partial charge on any atom is 0.0230 e. The van der Waals surface area contributed by atoms with Gasteiger partial charge in [-0.15, -0.1) is 0 Å². The lowest BCUT2D eigenvalue weighted by molar-refractivity contribution is 1.22. The van der Waals surface area contributed by atoms with Crippen LogP contribution in [0.4, 0.5) is 0 Å². The summed E-state index contributed by atoms with van der Waals surface area (Å²) < 4.78 is 0. The summed E-state index contributed by atoms with van der Waals surface area (Å²) in [6.07, 6.45) is 1.16. The van der Waals surface area contributed by atoms with Crippen molar-refractivity contribution in [2.45, 2.75) is 19.8 Å². The van der Waals surface area contributed by atoms with Crippen LogP contribution in [0.1, 0.15) is 18.9 Å². The molecule has 2 N–H and O–H groups in total. The molecule has 13 heavy (non-hydrogen) atoms. The smallest absolute Gasteiger partial charge is 0.0230 e. The molecule has 1 aromatic carbocycles. The van der Waals surface area contributed by atoms with E-state index in [1.54, 1.807) is 6.92 Å². The number of hydrogen-bond donors (Lipinski definition) is 2. The minimum Gasteiger partial charge on any atom is -0.310 e. The molecule has 0 amide bonds. The molecule has 2 nitrogen and oxygen atoms in total. The van der Waals surface area contributed by atoms with Crippen molar-refractivity contribution in [2.75, 3.05) is 0 Å². The lowest BCUT2D eigenvalue weighted by atomic mass is 10.1. The number of nitrogens with one attached hydrogen (secondary N) is 2. The summed E-state index contributed by atoms with van der Waals surface area (Å²) in [6, 6.07) is 9.93. The van der Waals surface area contributed by atoms with E-state index in [0.29, 0.717) is 24.3 Å². The number of hydrogen-bond acceptors (Lipinski definition) is 2. The molecule has 1 rings (SSSR count). The van der Waals surface area contributed by atoms with E-state index in [1.807, 2.05) is 30.3 Å². The molecule has 0 aliphatic carbocycles. The van der Waals surface area contributed by atoms with Crippen LogP contribution in [0.25, 0.3) is 0 Å². The standard InChI is InChI=1S/C11H14N2/c1-9(12)7-11(13)8-10-5-3-2-4-6-10/h2-6,12-13H,7-8H2,1H3. The average molecular weight is 174 g/mol. The second-order valence-electron chi connectivity index (χ2n) is 3.22. The Kier molecular flexibility index (Phi) is 3.38. The van der Waals surface area contributed by atoms with E-state index in [4.69, 9.17) is 10.8 Å². The summed E-state index contributed by atoms with van der Waals surface area (Å²) in [5.74, 6) is 0. The monoisotopic (exact) mass is 174 g/mol. The van der Waals surface area contributed by atoms with Crippen LogP contribution in [-0.4, -0.2) is 11.4 Å². The summed E-state index contributed by atoms with van der Waals surface area (Å²) in [4.78, 5) is 0. The third-order valence-corrected chi connectivity index (χ3v) is 1.74. The first-order valence-electron chi connectivity index (χ1n) is 4.32. The van der Waals surface area contributed by atoms with Crippen molar-refractivity contribution in [1.29, 1.82) is 10.8 Å². The molecule has 0 saturated heterocycles. The molecule has 0 aliphatic heterocycles. The second kappa shape index (κ2) is 4.55. The van der Waals surface area contributed by atoms with Crippen LogP contribution in [0.5, 0.6) is 0 Å². The van der Waals surface area contributed by atoms with Crippen LogP contribution in [0.2, 0.25) is 0 Å². The molecule has 0 unspecified atom stereocenters. The van der Waals surface area contributed by atoms with Crippen LogP contribution >= 0.6 is 0 Å². The van der Waals surface area contributed by atoms with Gasteiger partial charge in [-0.25, -0.2) is 0 Å². The van der Waals surface area contributed by atoms with Gasteiger partial charge in [0.2, 0.25) is 0 Å². The topological polar surface area (TPSA) is 47.7 Å². The molecule has 1 aromatic rings. The molecule has 0 atom stereocenters. The van der Waals surface area contributed by atoms with Gasteiger partial charge in [-0.05, 0) is 12.5 Å². The van der Waals surface area contributed by atoms with E-state index in [2.05, 4.69) is 0 Å². The summed E-state index contributed by atoms with van der Waals surface area (Å²) in [5.41, 5.74) is 2.31. The van der Waals surface area contributed by atoms with Crippen LogP contribution < -0.4 is 0 Å². The minimum atomic E-state index is 0.495. The SMILES string of the molecule is CC(=N)CC(=N)Cc1ccccc1. The van der Waals surface area contributed by atoms with Gasteiger partial charge in [-0.3, -0.25) is 0 Å². The number of rotatable bonds is 4. The van der Waals surface area contributed by atoms with E-state index in [1.165, 1.54) is 0 Å². The fraction of sp³-hybridized carbons (Fsp3) is 0.273. The van der Waals surface area contributed by atoms with Crippen LogP contribution in [0.3, 0.4) is 0 Å². The largest absolute Gasteiger partial charge is 0.310 e. The Hall–Kier alpha value is -1.44. The molecular weight excluding hydrogens is 160 g/mol. The molecule has 0 aromatic heterocycles. The Bertz CT molecular complexity index is 301. The maximum absolute atomic E-state index is 7.62. The van der Waals surface area contributed by atoms with E-state index in [-0.39, 0.29) is 0 Å². The molecule has 0 aliphatic rings. The van der Waals surface area contributed by atoms with Crippen molar-refractivity contribution < 1.29 is 0 Å². The van der Waals surface area contributed by atoms with Crippen molar-refractivity contribution in [2.24, 2.45) is 0 Å². The summed E-state index contributed by atoms with van der Waals surface area (Å²) >= 11 is 0. The van der Waals surface area contributed by atoms with Gasteiger partial charge < -0.3 is 10.8 Å². The zero-order valence-corrected chi connectivity index (χ0v) is 7.80. The zero-order chi connectivity index (χ0) is 9.68. The first kappa shape index (κ1) is 9.65. The third-order valence-electron chi connectivity index (χ3n) is 1.74. The fourth-order valence-corrected chi connectivity index (χ4v) is 1.22. The normalized spacial score (nSPS) is 9.62. The highest BCUT2D eigenvalue weighted by molar-refractivity contribution is 6.01. The van der Waals surface area contributed by atoms with Crippen LogP contribution in [-0.2, 0) is 6.42 Å². The highest BCUT2D eigenvalue weighted by Gasteiger charge is 1.99. The summed E-state index contributed by atoms with van der Waals surface area (Å²) in [5, 5.41) is 14.9. The molecule has 2 heteroatoms. The molecule has 0 heterocycles. The fourth-order valence-electron chi connectivity index (χ4n) is 1.22. The molecular formula is C11H14N2. The highest BCUT2D eigenvalue weighted by atomic mass is 14.5. The van der Waals surface area contributed by atoms with Gasteiger partial charge in [0.15, 0.2) is 0 Å². The van der Waals surface area contributed by atoms with Crippen molar-refractivity contribution in [3.8, 4) is 0 Å². The van der Waals surface area contributed by atoms with Gasteiger partial charge in [0.25, 0.3) is 0 Å². The second-order valence-corrected chi connectivity index (χ2v) is 3.22. The molecule has 0 saturated carbocycles. The van der Waals surface area contributed by atoms with Crippen LogP contribution in [0, 0.1) is 10.8 Å². The predicted octanol–water partition coefficient (Wildman–Crippen LogP) is 2.68. The summed E-state index contributed by atoms with van der Waals surface area (Å²) in [6.45, 7) is 1.74. The lowest BCUT2D eigenvalue weighted by Gasteiger charge is -2.02. The van der Waals surface area contributed by atoms with E-state index in [9.17, 15) is 0 Å². The first-order valence-corrected chi connectivity index (χ1v) is 4.32. The van der Waals surface area contributed by atoms with Gasteiger partial charge in [0.1, 0.15) is 0 Å². The Morgan fingerprint density at radius 3 is 2.31 bits per heavy atom. The first-order chi connectivity index (χ1) is 6.18. The Morgan fingerprint density at radius 1 is 1.15 bits per heavy atom. The Morgan fingerprint density at radius 2 is 1.77 bits per heavy atom. The maximum atomic E-state index is 7.62. The van der Waals surface area contributed by atoms with Crippen molar-refractivity contribution in [3.63, 3.8) is 0 Å². The highest BCUT2D eigenvalue weighted by Crippen LogP contribution is 2.02. The Labute approximate surface area is 78.6 Å². The predicted molar refractivity (Wildman–Crippen MR) is 55.9 cm³/mol. The van der Waals surface area contributed by atoms with E-state index in [0.717, 1.165) is 5.56 Å². The van der Waals surface area contributed by atoms with Gasteiger partial charge >= 0.3 is 0 Å². The van der Waals surface area contributed by atoms with Gasteiger partial charge in [-0.2, -0.15) is 0 Å². The van der Waals surface area contributed by atoms with Crippen molar-refractivity contribution >= 4 is 11.4 Å². The van der Waals surface area contributed by atoms with E-state index < -0.39 is 0 Å². The molecule has 0 bridgehead atoms. The third kappa shape index (κ3) is 3.65. The zero-order valence-electron chi connectivity index (χ0n) is 7.80. The summed E-state index contributed by atoms with van der Waals surface area (Å²) in [7, 11) is 0. The lowest BCUT2D eigenvalue weighted by Crippen LogP contribution is -2.05. The molecule has 0 fully saturated rings. The minimum absolute atomic E-state index is 0.495. The van der Waals surface area contributed by atoms with Crippen molar-refractivity contribution in [3.05, 3.63) is 35.9 Å².